The molecule has 0 atom stereocenters. The number of amides is 1. The summed E-state index contributed by atoms with van der Waals surface area (Å²) in [6.07, 6.45) is 0. The number of hydrogen-bond donors (Lipinski definition) is 2. The van der Waals surface area contributed by atoms with Crippen molar-refractivity contribution in [1.29, 1.82) is 0 Å². The molecule has 4 rings (SSSR count). The van der Waals surface area contributed by atoms with Gasteiger partial charge < -0.3 is 15.4 Å². The largest absolute Gasteiger partial charge is 0.378 e. The second-order valence-electron chi connectivity index (χ2n) is 7.24. The van der Waals surface area contributed by atoms with E-state index in [0.29, 0.717) is 37.4 Å². The fourth-order valence-electron chi connectivity index (χ4n) is 3.41. The van der Waals surface area contributed by atoms with Gasteiger partial charge in [0, 0.05) is 30.8 Å². The number of thiocarbonyl (C=S) groups is 1. The molecule has 1 amide bonds. The number of azo groups is 1. The number of hydrogen-bond acceptors (Lipinski definition) is 8. The Balaban J connectivity index is 1.74. The van der Waals surface area contributed by atoms with Gasteiger partial charge in [0.05, 0.1) is 35.1 Å². The summed E-state index contributed by atoms with van der Waals surface area (Å²) in [5, 5.41) is 21.8. The van der Waals surface area contributed by atoms with E-state index < -0.39 is 10.5 Å². The van der Waals surface area contributed by atoms with Crippen LogP contribution in [-0.4, -0.2) is 56.9 Å². The van der Waals surface area contributed by atoms with E-state index in [1.807, 2.05) is 0 Å². The number of ether oxygens (including phenoxy) is 1. The fourth-order valence-corrected chi connectivity index (χ4v) is 3.54. The van der Waals surface area contributed by atoms with Crippen LogP contribution in [-0.2, 0) is 4.74 Å². The van der Waals surface area contributed by atoms with Crippen molar-refractivity contribution in [3.05, 3.63) is 74.6 Å². The summed E-state index contributed by atoms with van der Waals surface area (Å²) < 4.78 is 6.22. The fraction of sp³-hybridized carbons (Fsp3) is 0.190. The van der Waals surface area contributed by atoms with Crippen LogP contribution in [0.3, 0.4) is 0 Å². The summed E-state index contributed by atoms with van der Waals surface area (Å²) in [4.78, 5) is 37.9. The second-order valence-corrected chi connectivity index (χ2v) is 7.66. The van der Waals surface area contributed by atoms with E-state index in [1.54, 1.807) is 29.2 Å². The van der Waals surface area contributed by atoms with Crippen LogP contribution in [0, 0.1) is 10.1 Å². The minimum absolute atomic E-state index is 0.112. The zero-order valence-electron chi connectivity index (χ0n) is 17.7. The number of benzene rings is 2. The first kappa shape index (κ1) is 22.9. The summed E-state index contributed by atoms with van der Waals surface area (Å²) in [5.41, 5.74) is 6.01. The molecular formula is C21H19N7O5S. The number of non-ortho nitro benzene ring substituents is 1. The summed E-state index contributed by atoms with van der Waals surface area (Å²) in [5.74, 6) is -0.219. The van der Waals surface area contributed by atoms with Gasteiger partial charge in [-0.05, 0) is 36.5 Å². The summed E-state index contributed by atoms with van der Waals surface area (Å²) in [7, 11) is 0. The Morgan fingerprint density at radius 2 is 1.79 bits per heavy atom. The number of nitrogens with one attached hydrogen (secondary N) is 1. The van der Waals surface area contributed by atoms with Gasteiger partial charge in [0.15, 0.2) is 10.8 Å². The molecule has 1 aliphatic heterocycles. The average molecular weight is 481 g/mol. The van der Waals surface area contributed by atoms with E-state index in [9.17, 15) is 19.7 Å². The van der Waals surface area contributed by atoms with Crippen molar-refractivity contribution < 1.29 is 14.5 Å². The maximum atomic E-state index is 13.0. The van der Waals surface area contributed by atoms with Crippen molar-refractivity contribution in [1.82, 2.24) is 14.7 Å². The lowest BCUT2D eigenvalue weighted by atomic mass is 10.1. The number of nitro groups is 1. The Bertz CT molecular complexity index is 1340. The third kappa shape index (κ3) is 4.60. The summed E-state index contributed by atoms with van der Waals surface area (Å²) in [6, 6.07) is 12.2. The molecule has 0 aliphatic carbocycles. The first-order valence-electron chi connectivity index (χ1n) is 10.1. The number of carbonyl (C=O) groups is 1. The summed E-state index contributed by atoms with van der Waals surface area (Å²) in [6.45, 7) is 1.84. The van der Waals surface area contributed by atoms with Gasteiger partial charge in [0.2, 0.25) is 0 Å². The molecule has 0 radical (unpaired) electrons. The first-order chi connectivity index (χ1) is 16.4. The molecule has 3 N–H and O–H groups in total. The standard InChI is InChI=1S/C21H19N7O5S/c22-21(34)27-20(30)18(17(25-27)13-5-7-14(8-6-13)28(31)32)24-23-16-4-2-1-3-15(16)19(29)26-9-11-33-12-10-26/h1-8,25H,9-12H2,(H2,22,34). The van der Waals surface area contributed by atoms with Crippen LogP contribution in [0.2, 0.25) is 0 Å². The van der Waals surface area contributed by atoms with E-state index in [0.717, 1.165) is 4.68 Å². The number of rotatable bonds is 5. The van der Waals surface area contributed by atoms with E-state index in [-0.39, 0.29) is 33.8 Å². The van der Waals surface area contributed by atoms with Crippen molar-refractivity contribution in [2.75, 3.05) is 26.3 Å². The van der Waals surface area contributed by atoms with Crippen molar-refractivity contribution in [3.63, 3.8) is 0 Å². The highest BCUT2D eigenvalue weighted by Crippen LogP contribution is 2.30. The topological polar surface area (TPSA) is 161 Å². The van der Waals surface area contributed by atoms with Gasteiger partial charge in [0.1, 0.15) is 0 Å². The van der Waals surface area contributed by atoms with Gasteiger partial charge in [-0.3, -0.25) is 24.8 Å². The van der Waals surface area contributed by atoms with Gasteiger partial charge in [0.25, 0.3) is 11.6 Å². The highest BCUT2D eigenvalue weighted by atomic mass is 32.1. The molecule has 1 fully saturated rings. The number of carbonyl (C=O) groups excluding carboxylic acids is 1. The Morgan fingerprint density at radius 1 is 1.12 bits per heavy atom. The third-order valence-corrected chi connectivity index (χ3v) is 5.33. The van der Waals surface area contributed by atoms with Gasteiger partial charge in [-0.25, -0.2) is 0 Å². The molecule has 34 heavy (non-hydrogen) atoms. The molecule has 1 aliphatic rings. The van der Waals surface area contributed by atoms with E-state index in [2.05, 4.69) is 15.3 Å². The molecule has 0 bridgehead atoms. The van der Waals surface area contributed by atoms with Gasteiger partial charge in [-0.2, -0.15) is 4.68 Å². The molecule has 1 saturated heterocycles. The number of H-pyrrole nitrogens is 1. The van der Waals surface area contributed by atoms with Crippen LogP contribution in [0.1, 0.15) is 10.4 Å². The van der Waals surface area contributed by atoms with Crippen molar-refractivity contribution in [2.45, 2.75) is 0 Å². The summed E-state index contributed by atoms with van der Waals surface area (Å²) >= 11 is 4.92. The minimum Gasteiger partial charge on any atom is -0.378 e. The number of aromatic nitrogens is 2. The zero-order valence-corrected chi connectivity index (χ0v) is 18.5. The number of aromatic amines is 1. The Labute approximate surface area is 197 Å². The minimum atomic E-state index is -0.651. The van der Waals surface area contributed by atoms with E-state index in [4.69, 9.17) is 22.7 Å². The number of morpholine rings is 1. The first-order valence-corrected chi connectivity index (χ1v) is 10.5. The van der Waals surface area contributed by atoms with Gasteiger partial charge in [-0.15, -0.1) is 10.2 Å². The molecule has 13 heteroatoms. The molecule has 2 heterocycles. The SMILES string of the molecule is NC(=S)n1[nH]c(-c2ccc([N+](=O)[O-])cc2)c(N=Nc2ccccc2C(=O)N2CCOCC2)c1=O. The molecule has 1 aromatic heterocycles. The smallest absolute Gasteiger partial charge is 0.301 e. The van der Waals surface area contributed by atoms with E-state index >= 15 is 0 Å². The van der Waals surface area contributed by atoms with Crippen LogP contribution < -0.4 is 11.3 Å². The lowest BCUT2D eigenvalue weighted by Gasteiger charge is -2.27. The zero-order chi connectivity index (χ0) is 24.2. The molecule has 3 aromatic rings. The maximum Gasteiger partial charge on any atom is 0.301 e. The second kappa shape index (κ2) is 9.72. The van der Waals surface area contributed by atoms with Gasteiger partial charge in [-0.1, -0.05) is 12.1 Å². The van der Waals surface area contributed by atoms with E-state index in [1.165, 1.54) is 24.3 Å². The van der Waals surface area contributed by atoms with Gasteiger partial charge >= 0.3 is 5.56 Å². The van der Waals surface area contributed by atoms with Crippen LogP contribution in [0.25, 0.3) is 11.3 Å². The van der Waals surface area contributed by atoms with Crippen LogP contribution in [0.4, 0.5) is 17.1 Å². The highest BCUT2D eigenvalue weighted by molar-refractivity contribution is 7.80. The van der Waals surface area contributed by atoms with Crippen molar-refractivity contribution in [2.24, 2.45) is 16.0 Å². The number of nitrogens with two attached hydrogens (primary N) is 1. The molecule has 0 unspecified atom stereocenters. The molecule has 12 nitrogen and oxygen atoms in total. The predicted octanol–water partition coefficient (Wildman–Crippen LogP) is 2.73. The normalized spacial score (nSPS) is 13.8. The van der Waals surface area contributed by atoms with Crippen LogP contribution >= 0.6 is 12.2 Å². The third-order valence-electron chi connectivity index (χ3n) is 5.14. The predicted molar refractivity (Wildman–Crippen MR) is 127 cm³/mol. The quantitative estimate of drug-likeness (QED) is 0.245. The molecule has 0 spiro atoms. The van der Waals surface area contributed by atoms with Crippen LogP contribution in [0.5, 0.6) is 0 Å². The highest BCUT2D eigenvalue weighted by Gasteiger charge is 2.22. The Hall–Kier alpha value is -4.23. The number of nitro benzene ring substituents is 1. The molecule has 0 saturated carbocycles. The molecule has 174 valence electrons. The van der Waals surface area contributed by atoms with Crippen molar-refractivity contribution in [3.8, 4) is 11.3 Å². The van der Waals surface area contributed by atoms with Crippen molar-refractivity contribution >= 4 is 40.3 Å². The Kier molecular flexibility index (Phi) is 6.56. The monoisotopic (exact) mass is 481 g/mol. The Morgan fingerprint density at radius 3 is 2.44 bits per heavy atom. The van der Waals surface area contributed by atoms with Crippen LogP contribution in [0.15, 0.2) is 63.6 Å². The molecular weight excluding hydrogens is 462 g/mol. The maximum absolute atomic E-state index is 13.0. The number of nitrogens with zero attached hydrogens (tertiary/aromatic N) is 5. The average Bonchev–Trinajstić information content (AvgIpc) is 3.19. The lowest BCUT2D eigenvalue weighted by molar-refractivity contribution is -0.384. The lowest BCUT2D eigenvalue weighted by Crippen LogP contribution is -2.40. The molecule has 2 aromatic carbocycles.